The van der Waals surface area contributed by atoms with Gasteiger partial charge in [0.25, 0.3) is 5.56 Å². The van der Waals surface area contributed by atoms with E-state index in [1.165, 1.54) is 24.0 Å². The number of carbonyl (C=O) groups is 1. The van der Waals surface area contributed by atoms with Crippen LogP contribution in [0.15, 0.2) is 46.5 Å². The summed E-state index contributed by atoms with van der Waals surface area (Å²) in [5.74, 6) is 0.436. The van der Waals surface area contributed by atoms with E-state index >= 15 is 0 Å². The van der Waals surface area contributed by atoms with Crippen LogP contribution in [0.5, 0.6) is 5.75 Å². The number of H-pyrrole nitrogens is 1. The molecule has 1 aromatic carbocycles. The Kier molecular flexibility index (Phi) is 5.60. The highest BCUT2D eigenvalue weighted by Gasteiger charge is 2.17. The summed E-state index contributed by atoms with van der Waals surface area (Å²) in [4.78, 5) is 30.1. The second-order valence-corrected chi connectivity index (χ2v) is 5.75. The molecule has 2 rings (SSSR count). The first-order chi connectivity index (χ1) is 10.6. The first-order valence-corrected chi connectivity index (χ1v) is 7.72. The fraction of sp³-hybridized carbons (Fsp3) is 0.267. The van der Waals surface area contributed by atoms with Gasteiger partial charge in [-0.25, -0.2) is 4.98 Å². The van der Waals surface area contributed by atoms with Crippen LogP contribution < -0.4 is 15.6 Å². The summed E-state index contributed by atoms with van der Waals surface area (Å²) in [6.07, 6.45) is 1.41. The molecule has 0 spiro atoms. The van der Waals surface area contributed by atoms with Crippen LogP contribution in [0.2, 0.25) is 0 Å². The number of aromatic amines is 1. The quantitative estimate of drug-likeness (QED) is 0.630. The van der Waals surface area contributed by atoms with Gasteiger partial charge in [0, 0.05) is 12.3 Å². The predicted octanol–water partition coefficient (Wildman–Crippen LogP) is 2.29. The van der Waals surface area contributed by atoms with Crippen LogP contribution in [0, 0.1) is 0 Å². The number of hydrogen-bond acceptors (Lipinski definition) is 5. The molecule has 116 valence electrons. The molecule has 1 atom stereocenters. The van der Waals surface area contributed by atoms with Crippen LogP contribution in [-0.4, -0.2) is 27.7 Å². The van der Waals surface area contributed by atoms with Crippen molar-refractivity contribution >= 4 is 23.4 Å². The maximum Gasteiger partial charge on any atom is 0.251 e. The SMILES string of the molecule is CCOc1ccccc1NC(=O)C(C)Sc1nccc(=O)[nH]1. The number of rotatable bonds is 6. The summed E-state index contributed by atoms with van der Waals surface area (Å²) in [5.41, 5.74) is 0.378. The number of amides is 1. The minimum atomic E-state index is -0.416. The summed E-state index contributed by atoms with van der Waals surface area (Å²) < 4.78 is 5.47. The van der Waals surface area contributed by atoms with Gasteiger partial charge in [-0.05, 0) is 26.0 Å². The molecular formula is C15H17N3O3S. The first-order valence-electron chi connectivity index (χ1n) is 6.85. The van der Waals surface area contributed by atoms with Crippen LogP contribution in [0.1, 0.15) is 13.8 Å². The fourth-order valence-electron chi connectivity index (χ4n) is 1.72. The van der Waals surface area contributed by atoms with Crippen LogP contribution in [0.25, 0.3) is 0 Å². The second-order valence-electron chi connectivity index (χ2n) is 4.42. The van der Waals surface area contributed by atoms with Gasteiger partial charge in [-0.2, -0.15) is 0 Å². The summed E-state index contributed by atoms with van der Waals surface area (Å²) >= 11 is 1.18. The van der Waals surface area contributed by atoms with E-state index in [4.69, 9.17) is 4.74 Å². The number of nitrogens with zero attached hydrogens (tertiary/aromatic N) is 1. The highest BCUT2D eigenvalue weighted by molar-refractivity contribution is 8.00. The van der Waals surface area contributed by atoms with E-state index in [1.54, 1.807) is 19.1 Å². The van der Waals surface area contributed by atoms with Crippen molar-refractivity contribution in [1.82, 2.24) is 9.97 Å². The highest BCUT2D eigenvalue weighted by atomic mass is 32.2. The minimum Gasteiger partial charge on any atom is -0.492 e. The smallest absolute Gasteiger partial charge is 0.251 e. The molecule has 0 radical (unpaired) electrons. The molecule has 0 bridgehead atoms. The molecule has 2 aromatic rings. The number of carbonyl (C=O) groups excluding carboxylic acids is 1. The third-order valence-corrected chi connectivity index (χ3v) is 3.75. The maximum absolute atomic E-state index is 12.3. The molecule has 1 heterocycles. The Bertz CT molecular complexity index is 702. The Balaban J connectivity index is 2.04. The zero-order chi connectivity index (χ0) is 15.9. The molecule has 1 amide bonds. The zero-order valence-electron chi connectivity index (χ0n) is 12.3. The van der Waals surface area contributed by atoms with Crippen LogP contribution >= 0.6 is 11.8 Å². The molecule has 7 heteroatoms. The van der Waals surface area contributed by atoms with Crippen molar-refractivity contribution in [3.8, 4) is 5.75 Å². The number of para-hydroxylation sites is 2. The molecule has 6 nitrogen and oxygen atoms in total. The second kappa shape index (κ2) is 7.65. The third kappa shape index (κ3) is 4.36. The number of nitrogens with one attached hydrogen (secondary N) is 2. The standard InChI is InChI=1S/C15H17N3O3S/c1-3-21-12-7-5-4-6-11(12)17-14(20)10(2)22-15-16-9-8-13(19)18-15/h4-10H,3H2,1-2H3,(H,17,20)(H,16,18,19). The monoisotopic (exact) mass is 319 g/mol. The number of ether oxygens (including phenoxy) is 1. The molecule has 22 heavy (non-hydrogen) atoms. The van der Waals surface area contributed by atoms with E-state index in [0.717, 1.165) is 0 Å². The van der Waals surface area contributed by atoms with Gasteiger partial charge in [-0.15, -0.1) is 0 Å². The molecule has 0 aliphatic carbocycles. The largest absolute Gasteiger partial charge is 0.492 e. The van der Waals surface area contributed by atoms with Gasteiger partial charge >= 0.3 is 0 Å². The number of hydrogen-bond donors (Lipinski definition) is 2. The van der Waals surface area contributed by atoms with Gasteiger partial charge in [-0.1, -0.05) is 23.9 Å². The van der Waals surface area contributed by atoms with Crippen LogP contribution in [-0.2, 0) is 4.79 Å². The van der Waals surface area contributed by atoms with Crippen molar-refractivity contribution in [1.29, 1.82) is 0 Å². The number of thioether (sulfide) groups is 1. The van der Waals surface area contributed by atoms with Gasteiger partial charge in [0.1, 0.15) is 5.75 Å². The van der Waals surface area contributed by atoms with Crippen molar-refractivity contribution in [3.63, 3.8) is 0 Å². The lowest BCUT2D eigenvalue weighted by Gasteiger charge is -2.14. The van der Waals surface area contributed by atoms with Gasteiger partial charge in [0.05, 0.1) is 17.5 Å². The Morgan fingerprint density at radius 2 is 2.18 bits per heavy atom. The minimum absolute atomic E-state index is 0.191. The number of aromatic nitrogens is 2. The molecule has 0 saturated heterocycles. The third-order valence-electron chi connectivity index (χ3n) is 2.75. The van der Waals surface area contributed by atoms with Gasteiger partial charge in [-0.3, -0.25) is 9.59 Å². The highest BCUT2D eigenvalue weighted by Crippen LogP contribution is 2.25. The lowest BCUT2D eigenvalue weighted by molar-refractivity contribution is -0.115. The lowest BCUT2D eigenvalue weighted by Crippen LogP contribution is -2.23. The topological polar surface area (TPSA) is 84.1 Å². The van der Waals surface area contributed by atoms with Crippen molar-refractivity contribution < 1.29 is 9.53 Å². The van der Waals surface area contributed by atoms with E-state index in [9.17, 15) is 9.59 Å². The molecular weight excluding hydrogens is 302 g/mol. The Labute approximate surface area is 132 Å². The summed E-state index contributed by atoms with van der Waals surface area (Å²) in [7, 11) is 0. The molecule has 0 fully saturated rings. The lowest BCUT2D eigenvalue weighted by atomic mass is 10.3. The van der Waals surface area contributed by atoms with Crippen molar-refractivity contribution in [2.45, 2.75) is 24.3 Å². The van der Waals surface area contributed by atoms with Gasteiger partial charge < -0.3 is 15.0 Å². The van der Waals surface area contributed by atoms with E-state index < -0.39 is 5.25 Å². The molecule has 1 aromatic heterocycles. The van der Waals surface area contributed by atoms with E-state index in [1.807, 2.05) is 19.1 Å². The van der Waals surface area contributed by atoms with Crippen LogP contribution in [0.4, 0.5) is 5.69 Å². The average Bonchev–Trinajstić information content (AvgIpc) is 2.49. The Morgan fingerprint density at radius 1 is 1.41 bits per heavy atom. The van der Waals surface area contributed by atoms with Crippen molar-refractivity contribution in [3.05, 3.63) is 46.9 Å². The summed E-state index contributed by atoms with van der Waals surface area (Å²) in [5, 5.41) is 2.82. The number of anilines is 1. The average molecular weight is 319 g/mol. The van der Waals surface area contributed by atoms with Crippen molar-refractivity contribution in [2.75, 3.05) is 11.9 Å². The normalized spacial score (nSPS) is 11.7. The summed E-state index contributed by atoms with van der Waals surface area (Å²) in [6, 6.07) is 8.58. The van der Waals surface area contributed by atoms with Crippen LogP contribution in [0.3, 0.4) is 0 Å². The zero-order valence-corrected chi connectivity index (χ0v) is 13.1. The number of benzene rings is 1. The first kappa shape index (κ1) is 16.1. The predicted molar refractivity (Wildman–Crippen MR) is 86.4 cm³/mol. The fourth-order valence-corrected chi connectivity index (χ4v) is 2.50. The van der Waals surface area contributed by atoms with Gasteiger partial charge in [0.2, 0.25) is 5.91 Å². The van der Waals surface area contributed by atoms with Crippen molar-refractivity contribution in [2.24, 2.45) is 0 Å². The van der Waals surface area contributed by atoms with E-state index in [-0.39, 0.29) is 11.5 Å². The van der Waals surface area contributed by atoms with E-state index in [2.05, 4.69) is 15.3 Å². The van der Waals surface area contributed by atoms with E-state index in [0.29, 0.717) is 23.2 Å². The molecule has 0 saturated carbocycles. The maximum atomic E-state index is 12.3. The summed E-state index contributed by atoms with van der Waals surface area (Å²) in [6.45, 7) is 4.15. The Morgan fingerprint density at radius 3 is 2.91 bits per heavy atom. The molecule has 0 aliphatic rings. The molecule has 0 aliphatic heterocycles. The van der Waals surface area contributed by atoms with Gasteiger partial charge in [0.15, 0.2) is 5.16 Å². The Hall–Kier alpha value is -2.28. The molecule has 1 unspecified atom stereocenters. The molecule has 2 N–H and O–H groups in total.